The Labute approximate surface area is 167 Å². The number of esters is 1. The summed E-state index contributed by atoms with van der Waals surface area (Å²) in [4.78, 5) is 14.0. The van der Waals surface area contributed by atoms with E-state index in [4.69, 9.17) is 4.74 Å². The van der Waals surface area contributed by atoms with Gasteiger partial charge in [0, 0.05) is 6.54 Å². The molecule has 1 fully saturated rings. The zero-order valence-electron chi connectivity index (χ0n) is 16.9. The van der Waals surface area contributed by atoms with Crippen molar-refractivity contribution in [3.05, 3.63) is 70.8 Å². The first-order valence-corrected chi connectivity index (χ1v) is 9.77. The molecule has 2 aromatic rings. The smallest absolute Gasteiger partial charge is 0.337 e. The Balaban J connectivity index is 1.86. The van der Waals surface area contributed by atoms with Crippen LogP contribution in [0.2, 0.25) is 0 Å². The highest BCUT2D eigenvalue weighted by Crippen LogP contribution is 2.42. The number of phenolic OH excluding ortho intramolecular Hbond substituents is 1. The Hall–Kier alpha value is -2.59. The molecule has 2 aromatic carbocycles. The van der Waals surface area contributed by atoms with E-state index < -0.39 is 0 Å². The fraction of sp³-hybridized carbons (Fsp3) is 0.375. The number of ether oxygens (including phenoxy) is 1. The average Bonchev–Trinajstić information content (AvgIpc) is 2.68. The Morgan fingerprint density at radius 3 is 2.71 bits per heavy atom. The van der Waals surface area contributed by atoms with Crippen molar-refractivity contribution in [3.63, 3.8) is 0 Å². The molecule has 0 radical (unpaired) electrons. The summed E-state index contributed by atoms with van der Waals surface area (Å²) in [5.74, 6) is 0.934. The minimum atomic E-state index is -0.312. The molecule has 1 aliphatic carbocycles. The van der Waals surface area contributed by atoms with E-state index in [1.165, 1.54) is 18.2 Å². The third-order valence-electron chi connectivity index (χ3n) is 5.46. The largest absolute Gasteiger partial charge is 0.508 e. The minimum absolute atomic E-state index is 0.312. The van der Waals surface area contributed by atoms with Crippen LogP contribution in [0.15, 0.2) is 54.1 Å². The number of phenols is 1. The van der Waals surface area contributed by atoms with Crippen LogP contribution in [0.3, 0.4) is 0 Å². The van der Waals surface area contributed by atoms with Gasteiger partial charge >= 0.3 is 5.97 Å². The van der Waals surface area contributed by atoms with Crippen molar-refractivity contribution in [2.45, 2.75) is 25.2 Å². The van der Waals surface area contributed by atoms with Gasteiger partial charge in [-0.3, -0.25) is 0 Å². The number of allylic oxidation sites excluding steroid dienone is 1. The molecule has 1 N–H and O–H groups in total. The quantitative estimate of drug-likeness (QED) is 0.765. The Kier molecular flexibility index (Phi) is 6.53. The van der Waals surface area contributed by atoms with Gasteiger partial charge in [-0.1, -0.05) is 35.9 Å². The molecule has 0 aliphatic heterocycles. The van der Waals surface area contributed by atoms with Gasteiger partial charge in [0.2, 0.25) is 0 Å². The number of carbonyl (C=O) groups is 1. The van der Waals surface area contributed by atoms with E-state index in [1.54, 1.807) is 12.1 Å². The van der Waals surface area contributed by atoms with Gasteiger partial charge in [-0.05, 0) is 80.6 Å². The molecule has 0 saturated heterocycles. The van der Waals surface area contributed by atoms with Gasteiger partial charge < -0.3 is 14.7 Å². The molecule has 1 saturated carbocycles. The SMILES string of the molecule is COC(=O)c1cccc(/C=C2/CC[C@H](CN(C)C)[C@H](c3cccc(O)c3)C2)c1. The van der Waals surface area contributed by atoms with Crippen molar-refractivity contribution in [1.82, 2.24) is 4.90 Å². The van der Waals surface area contributed by atoms with Crippen LogP contribution in [-0.2, 0) is 4.74 Å². The molecule has 0 unspecified atom stereocenters. The second kappa shape index (κ2) is 9.07. The van der Waals surface area contributed by atoms with Crippen LogP contribution < -0.4 is 0 Å². The van der Waals surface area contributed by atoms with E-state index in [9.17, 15) is 9.90 Å². The summed E-state index contributed by atoms with van der Waals surface area (Å²) in [6.07, 6.45) is 5.33. The van der Waals surface area contributed by atoms with Crippen molar-refractivity contribution in [1.29, 1.82) is 0 Å². The molecule has 0 amide bonds. The zero-order chi connectivity index (χ0) is 20.1. The normalized spacial score (nSPS) is 21.1. The number of rotatable bonds is 5. The van der Waals surface area contributed by atoms with Crippen LogP contribution in [-0.4, -0.2) is 43.7 Å². The lowest BCUT2D eigenvalue weighted by Crippen LogP contribution is -2.29. The zero-order valence-corrected chi connectivity index (χ0v) is 16.9. The topological polar surface area (TPSA) is 49.8 Å². The summed E-state index contributed by atoms with van der Waals surface area (Å²) in [7, 11) is 5.63. The van der Waals surface area contributed by atoms with Crippen molar-refractivity contribution in [3.8, 4) is 5.75 Å². The van der Waals surface area contributed by atoms with E-state index in [0.29, 0.717) is 23.1 Å². The molecule has 148 valence electrons. The lowest BCUT2D eigenvalue weighted by Gasteiger charge is -2.35. The Morgan fingerprint density at radius 2 is 2.00 bits per heavy atom. The molecule has 4 heteroatoms. The van der Waals surface area contributed by atoms with Gasteiger partial charge in [-0.15, -0.1) is 0 Å². The van der Waals surface area contributed by atoms with Crippen LogP contribution >= 0.6 is 0 Å². The predicted octanol–water partition coefficient (Wildman–Crippen LogP) is 4.71. The second-order valence-electron chi connectivity index (χ2n) is 7.89. The molecule has 0 bridgehead atoms. The first-order valence-electron chi connectivity index (χ1n) is 9.77. The fourth-order valence-electron chi connectivity index (χ4n) is 4.20. The summed E-state index contributed by atoms with van der Waals surface area (Å²) < 4.78 is 4.83. The molecule has 3 rings (SSSR count). The van der Waals surface area contributed by atoms with Gasteiger partial charge in [0.25, 0.3) is 0 Å². The summed E-state index contributed by atoms with van der Waals surface area (Å²) >= 11 is 0. The molecule has 0 heterocycles. The first kappa shape index (κ1) is 20.2. The summed E-state index contributed by atoms with van der Waals surface area (Å²) in [5.41, 5.74) is 4.17. The highest BCUT2D eigenvalue weighted by Gasteiger charge is 2.29. The first-order chi connectivity index (χ1) is 13.5. The maximum absolute atomic E-state index is 11.8. The van der Waals surface area contributed by atoms with Crippen molar-refractivity contribution in [2.24, 2.45) is 5.92 Å². The lowest BCUT2D eigenvalue weighted by molar-refractivity contribution is 0.0600. The number of hydrogen-bond acceptors (Lipinski definition) is 4. The van der Waals surface area contributed by atoms with E-state index in [0.717, 1.165) is 31.4 Å². The van der Waals surface area contributed by atoms with Crippen LogP contribution in [0, 0.1) is 5.92 Å². The van der Waals surface area contributed by atoms with E-state index >= 15 is 0 Å². The number of benzene rings is 2. The van der Waals surface area contributed by atoms with E-state index in [-0.39, 0.29) is 5.97 Å². The van der Waals surface area contributed by atoms with Crippen molar-refractivity contribution in [2.75, 3.05) is 27.7 Å². The van der Waals surface area contributed by atoms with Gasteiger partial charge in [-0.2, -0.15) is 0 Å². The lowest BCUT2D eigenvalue weighted by atomic mass is 9.73. The Bertz CT molecular complexity index is 856. The number of carbonyl (C=O) groups excluding carboxylic acids is 1. The van der Waals surface area contributed by atoms with Crippen LogP contribution in [0.4, 0.5) is 0 Å². The van der Waals surface area contributed by atoms with Gasteiger partial charge in [-0.25, -0.2) is 4.79 Å². The summed E-state index contributed by atoms with van der Waals surface area (Å²) in [6, 6.07) is 15.2. The fourth-order valence-corrected chi connectivity index (χ4v) is 4.20. The molecule has 28 heavy (non-hydrogen) atoms. The van der Waals surface area contributed by atoms with Gasteiger partial charge in [0.1, 0.15) is 5.75 Å². The molecular formula is C24H29NO3. The summed E-state index contributed by atoms with van der Waals surface area (Å²) in [5, 5.41) is 9.95. The summed E-state index contributed by atoms with van der Waals surface area (Å²) in [6.45, 7) is 1.03. The van der Waals surface area contributed by atoms with Crippen LogP contribution in [0.25, 0.3) is 6.08 Å². The van der Waals surface area contributed by atoms with Crippen molar-refractivity contribution < 1.29 is 14.6 Å². The van der Waals surface area contributed by atoms with E-state index in [1.807, 2.05) is 30.3 Å². The van der Waals surface area contributed by atoms with Crippen molar-refractivity contribution >= 4 is 12.0 Å². The molecule has 2 atom stereocenters. The molecular weight excluding hydrogens is 350 g/mol. The third kappa shape index (κ3) is 5.02. The molecule has 0 aromatic heterocycles. The maximum Gasteiger partial charge on any atom is 0.337 e. The predicted molar refractivity (Wildman–Crippen MR) is 113 cm³/mol. The number of methoxy groups -OCH3 is 1. The van der Waals surface area contributed by atoms with Gasteiger partial charge in [0.05, 0.1) is 12.7 Å². The monoisotopic (exact) mass is 379 g/mol. The number of aromatic hydroxyl groups is 1. The molecule has 0 spiro atoms. The average molecular weight is 380 g/mol. The standard InChI is InChI=1S/C24H29NO3/c1-25(2)16-21-11-10-18(14-23(21)19-7-5-9-22(26)15-19)12-17-6-4-8-20(13-17)24(27)28-3/h4-9,12-13,15,21,23,26H,10-11,14,16H2,1-3H3/b18-12-/t21-,23+/m1/s1. The number of nitrogens with zero attached hydrogens (tertiary/aromatic N) is 1. The maximum atomic E-state index is 11.8. The highest BCUT2D eigenvalue weighted by atomic mass is 16.5. The van der Waals surface area contributed by atoms with E-state index in [2.05, 4.69) is 31.1 Å². The minimum Gasteiger partial charge on any atom is -0.508 e. The highest BCUT2D eigenvalue weighted by molar-refractivity contribution is 5.90. The Morgan fingerprint density at radius 1 is 1.21 bits per heavy atom. The second-order valence-corrected chi connectivity index (χ2v) is 7.89. The number of hydrogen-bond donors (Lipinski definition) is 1. The third-order valence-corrected chi connectivity index (χ3v) is 5.46. The van der Waals surface area contributed by atoms with Crippen LogP contribution in [0.1, 0.15) is 46.7 Å². The molecule has 1 aliphatic rings. The van der Waals surface area contributed by atoms with Gasteiger partial charge in [0.15, 0.2) is 0 Å². The molecule has 4 nitrogen and oxygen atoms in total. The van der Waals surface area contributed by atoms with Crippen LogP contribution in [0.5, 0.6) is 5.75 Å².